The molecule has 0 radical (unpaired) electrons. The fourth-order valence-electron chi connectivity index (χ4n) is 2.92. The second-order valence-corrected chi connectivity index (χ2v) is 4.95. The van der Waals surface area contributed by atoms with Gasteiger partial charge in [-0.1, -0.05) is 12.1 Å². The number of hydrogen-bond acceptors (Lipinski definition) is 2. The lowest BCUT2D eigenvalue weighted by Gasteiger charge is -2.53. The zero-order valence-electron chi connectivity index (χ0n) is 9.78. The van der Waals surface area contributed by atoms with Gasteiger partial charge in [-0.15, -0.1) is 0 Å². The number of carbonyl (C=O) groups is 1. The van der Waals surface area contributed by atoms with Gasteiger partial charge >= 0.3 is 6.03 Å². The third kappa shape index (κ3) is 1.47. The van der Waals surface area contributed by atoms with Crippen LogP contribution in [0.1, 0.15) is 25.7 Å². The van der Waals surface area contributed by atoms with Crippen LogP contribution in [0.3, 0.4) is 0 Å². The van der Waals surface area contributed by atoms with Crippen molar-refractivity contribution in [1.82, 2.24) is 5.32 Å². The first-order valence-electron chi connectivity index (χ1n) is 6.16. The summed E-state index contributed by atoms with van der Waals surface area (Å²) in [7, 11) is 0. The van der Waals surface area contributed by atoms with Crippen molar-refractivity contribution in [3.05, 3.63) is 24.3 Å². The molecule has 4 heteroatoms. The highest BCUT2D eigenvalue weighted by atomic mass is 16.2. The lowest BCUT2D eigenvalue weighted by atomic mass is 9.72. The minimum atomic E-state index is -0.00569. The SMILES string of the molecule is Nc1ccccc1N1C(=O)NCCC12CCC2. The van der Waals surface area contributed by atoms with Crippen LogP contribution >= 0.6 is 0 Å². The van der Waals surface area contributed by atoms with Crippen LogP contribution in [0.2, 0.25) is 0 Å². The molecule has 3 N–H and O–H groups in total. The topological polar surface area (TPSA) is 58.4 Å². The zero-order chi connectivity index (χ0) is 11.9. The average Bonchev–Trinajstić information content (AvgIpc) is 2.28. The molecule has 1 spiro atoms. The molecule has 90 valence electrons. The van der Waals surface area contributed by atoms with E-state index in [1.165, 1.54) is 6.42 Å². The van der Waals surface area contributed by atoms with E-state index in [1.807, 2.05) is 29.2 Å². The highest BCUT2D eigenvalue weighted by molar-refractivity contribution is 5.97. The van der Waals surface area contributed by atoms with Crippen molar-refractivity contribution in [2.75, 3.05) is 17.2 Å². The number of rotatable bonds is 1. The van der Waals surface area contributed by atoms with Crippen LogP contribution in [0.15, 0.2) is 24.3 Å². The van der Waals surface area contributed by atoms with Gasteiger partial charge in [0.25, 0.3) is 0 Å². The number of urea groups is 1. The van der Waals surface area contributed by atoms with Crippen molar-refractivity contribution in [2.24, 2.45) is 0 Å². The quantitative estimate of drug-likeness (QED) is 0.727. The Hall–Kier alpha value is -1.71. The van der Waals surface area contributed by atoms with E-state index < -0.39 is 0 Å². The van der Waals surface area contributed by atoms with Crippen LogP contribution in [-0.4, -0.2) is 18.1 Å². The van der Waals surface area contributed by atoms with E-state index in [0.717, 1.165) is 31.5 Å². The number of para-hydroxylation sites is 2. The lowest BCUT2D eigenvalue weighted by Crippen LogP contribution is -2.64. The highest BCUT2D eigenvalue weighted by Crippen LogP contribution is 2.45. The molecular weight excluding hydrogens is 214 g/mol. The molecular formula is C13H17N3O. The Labute approximate surface area is 101 Å². The van der Waals surface area contributed by atoms with Crippen LogP contribution < -0.4 is 16.0 Å². The smallest absolute Gasteiger partial charge is 0.322 e. The number of nitrogens with one attached hydrogen (secondary N) is 1. The van der Waals surface area contributed by atoms with Gasteiger partial charge in [-0.25, -0.2) is 4.79 Å². The molecule has 0 bridgehead atoms. The van der Waals surface area contributed by atoms with Gasteiger partial charge < -0.3 is 11.1 Å². The Morgan fingerprint density at radius 3 is 2.65 bits per heavy atom. The van der Waals surface area contributed by atoms with Gasteiger partial charge in [-0.2, -0.15) is 0 Å². The van der Waals surface area contributed by atoms with Crippen molar-refractivity contribution in [3.63, 3.8) is 0 Å². The third-order valence-electron chi connectivity index (χ3n) is 4.01. The molecule has 1 aromatic carbocycles. The maximum absolute atomic E-state index is 12.1. The molecule has 17 heavy (non-hydrogen) atoms. The minimum absolute atomic E-state index is 0.00569. The molecule has 2 amide bonds. The van der Waals surface area contributed by atoms with E-state index in [2.05, 4.69) is 5.32 Å². The predicted molar refractivity (Wildman–Crippen MR) is 67.9 cm³/mol. The summed E-state index contributed by atoms with van der Waals surface area (Å²) in [5, 5.41) is 2.91. The van der Waals surface area contributed by atoms with Gasteiger partial charge in [0.15, 0.2) is 0 Å². The average molecular weight is 231 g/mol. The summed E-state index contributed by atoms with van der Waals surface area (Å²) in [4.78, 5) is 14.0. The number of hydrogen-bond donors (Lipinski definition) is 2. The van der Waals surface area contributed by atoms with E-state index in [1.54, 1.807) is 0 Å². The summed E-state index contributed by atoms with van der Waals surface area (Å²) in [6.07, 6.45) is 4.41. The minimum Gasteiger partial charge on any atom is -0.397 e. The largest absolute Gasteiger partial charge is 0.397 e. The summed E-state index contributed by atoms with van der Waals surface area (Å²) in [5.41, 5.74) is 7.55. The highest BCUT2D eigenvalue weighted by Gasteiger charge is 2.48. The molecule has 3 rings (SSSR count). The van der Waals surface area contributed by atoms with Crippen molar-refractivity contribution in [1.29, 1.82) is 0 Å². The maximum atomic E-state index is 12.1. The van der Waals surface area contributed by atoms with Crippen molar-refractivity contribution < 1.29 is 4.79 Å². The van der Waals surface area contributed by atoms with Gasteiger partial charge in [0, 0.05) is 6.54 Å². The second kappa shape index (κ2) is 3.65. The predicted octanol–water partition coefficient (Wildman–Crippen LogP) is 2.11. The van der Waals surface area contributed by atoms with Gasteiger partial charge in [0.2, 0.25) is 0 Å². The maximum Gasteiger partial charge on any atom is 0.322 e. The molecule has 0 aromatic heterocycles. The number of nitrogen functional groups attached to an aromatic ring is 1. The number of nitrogens with zero attached hydrogens (tertiary/aromatic N) is 1. The monoisotopic (exact) mass is 231 g/mol. The Balaban J connectivity index is 2.03. The summed E-state index contributed by atoms with van der Waals surface area (Å²) in [5.74, 6) is 0. The Kier molecular flexibility index (Phi) is 2.24. The molecule has 2 fully saturated rings. The fraction of sp³-hybridized carbons (Fsp3) is 0.462. The van der Waals surface area contributed by atoms with E-state index >= 15 is 0 Å². The number of nitrogens with two attached hydrogens (primary N) is 1. The summed E-state index contributed by atoms with van der Waals surface area (Å²) in [6.45, 7) is 0.780. The van der Waals surface area contributed by atoms with Crippen molar-refractivity contribution in [3.8, 4) is 0 Å². The van der Waals surface area contributed by atoms with E-state index in [9.17, 15) is 4.79 Å². The lowest BCUT2D eigenvalue weighted by molar-refractivity contribution is 0.179. The Morgan fingerprint density at radius 1 is 1.24 bits per heavy atom. The molecule has 1 saturated heterocycles. The molecule has 0 atom stereocenters. The normalized spacial score (nSPS) is 22.1. The van der Waals surface area contributed by atoms with Crippen LogP contribution in [0.5, 0.6) is 0 Å². The molecule has 1 heterocycles. The number of benzene rings is 1. The van der Waals surface area contributed by atoms with Gasteiger partial charge in [0.05, 0.1) is 16.9 Å². The van der Waals surface area contributed by atoms with Gasteiger partial charge in [-0.05, 0) is 37.8 Å². The first kappa shape index (κ1) is 10.4. The molecule has 4 nitrogen and oxygen atoms in total. The first-order valence-corrected chi connectivity index (χ1v) is 6.16. The van der Waals surface area contributed by atoms with Crippen LogP contribution in [0.4, 0.5) is 16.2 Å². The molecule has 1 aromatic rings. The summed E-state index contributed by atoms with van der Waals surface area (Å²) in [6, 6.07) is 7.60. The van der Waals surface area contributed by atoms with Gasteiger partial charge in [0.1, 0.15) is 0 Å². The third-order valence-corrected chi connectivity index (χ3v) is 4.01. The van der Waals surface area contributed by atoms with Crippen LogP contribution in [0, 0.1) is 0 Å². The Morgan fingerprint density at radius 2 is 2.00 bits per heavy atom. The zero-order valence-corrected chi connectivity index (χ0v) is 9.78. The van der Waals surface area contributed by atoms with E-state index in [-0.39, 0.29) is 11.6 Å². The van der Waals surface area contributed by atoms with E-state index in [4.69, 9.17) is 5.73 Å². The summed E-state index contributed by atoms with van der Waals surface area (Å²) < 4.78 is 0. The van der Waals surface area contributed by atoms with Crippen molar-refractivity contribution in [2.45, 2.75) is 31.2 Å². The van der Waals surface area contributed by atoms with Gasteiger partial charge in [-0.3, -0.25) is 4.90 Å². The second-order valence-electron chi connectivity index (χ2n) is 4.95. The van der Waals surface area contributed by atoms with Crippen LogP contribution in [-0.2, 0) is 0 Å². The number of anilines is 2. The molecule has 1 aliphatic heterocycles. The van der Waals surface area contributed by atoms with Crippen molar-refractivity contribution >= 4 is 17.4 Å². The number of carbonyl (C=O) groups excluding carboxylic acids is 1. The molecule has 2 aliphatic rings. The number of amides is 2. The Bertz CT molecular complexity index is 454. The summed E-state index contributed by atoms with van der Waals surface area (Å²) >= 11 is 0. The standard InChI is InChI=1S/C13H17N3O/c14-10-4-1-2-5-11(10)16-12(17)15-9-8-13(16)6-3-7-13/h1-2,4-5H,3,6-9,14H2,(H,15,17). The molecule has 0 unspecified atom stereocenters. The van der Waals surface area contributed by atoms with Crippen LogP contribution in [0.25, 0.3) is 0 Å². The fourth-order valence-corrected chi connectivity index (χ4v) is 2.92. The van der Waals surface area contributed by atoms with E-state index in [0.29, 0.717) is 5.69 Å². The first-order chi connectivity index (χ1) is 8.23. The molecule has 1 aliphatic carbocycles. The molecule has 1 saturated carbocycles.